The number of halogens is 1. The fourth-order valence-electron chi connectivity index (χ4n) is 1.76. The van der Waals surface area contributed by atoms with Gasteiger partial charge in [0.1, 0.15) is 0 Å². The molecule has 1 fully saturated rings. The van der Waals surface area contributed by atoms with Gasteiger partial charge in [0.25, 0.3) is 0 Å². The van der Waals surface area contributed by atoms with Crippen LogP contribution >= 0.6 is 27.3 Å². The summed E-state index contributed by atoms with van der Waals surface area (Å²) in [5.41, 5.74) is 5.96. The van der Waals surface area contributed by atoms with Gasteiger partial charge < -0.3 is 15.4 Å². The lowest BCUT2D eigenvalue weighted by atomic mass is 9.85. The summed E-state index contributed by atoms with van der Waals surface area (Å²) in [5, 5.41) is 1.27. The van der Waals surface area contributed by atoms with E-state index in [1.807, 2.05) is 0 Å². The van der Waals surface area contributed by atoms with Gasteiger partial charge >= 0.3 is 0 Å². The molecule has 15 heavy (non-hydrogen) atoms. The maximum Gasteiger partial charge on any atom is 0.0917 e. The third-order valence-electron chi connectivity index (χ3n) is 2.76. The molecule has 0 radical (unpaired) electrons. The van der Waals surface area contributed by atoms with E-state index in [2.05, 4.69) is 40.0 Å². The van der Waals surface area contributed by atoms with Gasteiger partial charge in [0.2, 0.25) is 0 Å². The number of hydrogen-bond acceptors (Lipinski definition) is 4. The van der Waals surface area contributed by atoms with Crippen LogP contribution in [0.25, 0.3) is 0 Å². The smallest absolute Gasteiger partial charge is 0.0917 e. The topological polar surface area (TPSA) is 38.5 Å². The van der Waals surface area contributed by atoms with Crippen molar-refractivity contribution >= 4 is 32.3 Å². The third-order valence-corrected chi connectivity index (χ3v) is 4.50. The second-order valence-corrected chi connectivity index (χ2v) is 6.57. The molecule has 1 aromatic rings. The van der Waals surface area contributed by atoms with E-state index in [4.69, 9.17) is 10.5 Å². The fourth-order valence-corrected chi connectivity index (χ4v) is 3.08. The highest BCUT2D eigenvalue weighted by Crippen LogP contribution is 2.33. The van der Waals surface area contributed by atoms with Crippen LogP contribution in [0.15, 0.2) is 15.9 Å². The van der Waals surface area contributed by atoms with Crippen molar-refractivity contribution in [1.82, 2.24) is 0 Å². The Morgan fingerprint density at radius 2 is 2.33 bits per heavy atom. The van der Waals surface area contributed by atoms with Gasteiger partial charge in [-0.2, -0.15) is 0 Å². The molecule has 0 saturated carbocycles. The number of nitrogens with two attached hydrogens (primary N) is 1. The van der Waals surface area contributed by atoms with E-state index in [1.165, 1.54) is 5.00 Å². The summed E-state index contributed by atoms with van der Waals surface area (Å²) in [6.45, 7) is 3.25. The number of nitrogens with zero attached hydrogens (tertiary/aromatic N) is 1. The van der Waals surface area contributed by atoms with Crippen LogP contribution < -0.4 is 10.6 Å². The Bertz CT molecular complexity index is 332. The number of thiophene rings is 1. The molecule has 0 spiro atoms. The summed E-state index contributed by atoms with van der Waals surface area (Å²) in [4.78, 5) is 2.25. The molecule has 1 aliphatic heterocycles. The average Bonchev–Trinajstić information content (AvgIpc) is 2.58. The van der Waals surface area contributed by atoms with E-state index < -0.39 is 0 Å². The van der Waals surface area contributed by atoms with Crippen molar-refractivity contribution in [2.24, 2.45) is 11.1 Å². The van der Waals surface area contributed by atoms with Gasteiger partial charge in [0.15, 0.2) is 0 Å². The van der Waals surface area contributed by atoms with Crippen LogP contribution in [-0.2, 0) is 4.74 Å². The number of anilines is 1. The van der Waals surface area contributed by atoms with Crippen molar-refractivity contribution in [2.45, 2.75) is 0 Å². The first kappa shape index (κ1) is 11.4. The van der Waals surface area contributed by atoms with Crippen LogP contribution in [0.4, 0.5) is 5.00 Å². The molecule has 0 amide bonds. The van der Waals surface area contributed by atoms with E-state index in [1.54, 1.807) is 11.3 Å². The minimum absolute atomic E-state index is 0.172. The molecule has 84 valence electrons. The molecule has 5 heteroatoms. The predicted molar refractivity (Wildman–Crippen MR) is 67.6 cm³/mol. The minimum atomic E-state index is 0.172. The fraction of sp³-hybridized carbons (Fsp3) is 0.600. The third kappa shape index (κ3) is 2.36. The molecule has 1 aromatic heterocycles. The molecule has 2 N–H and O–H groups in total. The zero-order chi connectivity index (χ0) is 10.9. The molecule has 0 aliphatic carbocycles. The Kier molecular flexibility index (Phi) is 3.35. The molecule has 0 bridgehead atoms. The molecular weight excluding hydrogens is 276 g/mol. The number of ether oxygens (including phenoxy) is 1. The standard InChI is InChI=1S/C10H15BrN2OS/c1-13(9-3-2-8(11)15-9)5-10(4-12)6-14-7-10/h2-3H,4-7,12H2,1H3. The molecule has 2 rings (SSSR count). The first-order chi connectivity index (χ1) is 7.15. The van der Waals surface area contributed by atoms with E-state index in [9.17, 15) is 0 Å². The van der Waals surface area contributed by atoms with Gasteiger partial charge in [-0.3, -0.25) is 0 Å². The lowest BCUT2D eigenvalue weighted by Crippen LogP contribution is -2.54. The quantitative estimate of drug-likeness (QED) is 0.921. The van der Waals surface area contributed by atoms with Crippen molar-refractivity contribution in [2.75, 3.05) is 38.3 Å². The average molecular weight is 291 g/mol. The van der Waals surface area contributed by atoms with Gasteiger partial charge in [-0.25, -0.2) is 0 Å². The summed E-state index contributed by atoms with van der Waals surface area (Å²) in [7, 11) is 2.11. The molecule has 3 nitrogen and oxygen atoms in total. The summed E-state index contributed by atoms with van der Waals surface area (Å²) >= 11 is 5.21. The van der Waals surface area contributed by atoms with E-state index in [0.717, 1.165) is 23.5 Å². The Balaban J connectivity index is 1.99. The maximum atomic E-state index is 5.79. The van der Waals surface area contributed by atoms with Crippen molar-refractivity contribution in [1.29, 1.82) is 0 Å². The largest absolute Gasteiger partial charge is 0.380 e. The lowest BCUT2D eigenvalue weighted by Gasteiger charge is -2.43. The Labute approximate surface area is 102 Å². The number of rotatable bonds is 4. The zero-order valence-electron chi connectivity index (χ0n) is 8.70. The molecule has 2 heterocycles. The van der Waals surface area contributed by atoms with Crippen LogP contribution in [0.5, 0.6) is 0 Å². The summed E-state index contributed by atoms with van der Waals surface area (Å²) < 4.78 is 6.42. The van der Waals surface area contributed by atoms with Gasteiger partial charge in [-0.1, -0.05) is 0 Å². The first-order valence-electron chi connectivity index (χ1n) is 4.89. The van der Waals surface area contributed by atoms with Crippen LogP contribution in [0.1, 0.15) is 0 Å². The maximum absolute atomic E-state index is 5.79. The van der Waals surface area contributed by atoms with Crippen molar-refractivity contribution in [3.63, 3.8) is 0 Å². The molecule has 0 atom stereocenters. The van der Waals surface area contributed by atoms with Crippen molar-refractivity contribution in [3.05, 3.63) is 15.9 Å². The van der Waals surface area contributed by atoms with E-state index >= 15 is 0 Å². The Morgan fingerprint density at radius 1 is 1.60 bits per heavy atom. The highest BCUT2D eigenvalue weighted by atomic mass is 79.9. The summed E-state index contributed by atoms with van der Waals surface area (Å²) in [6.07, 6.45) is 0. The lowest BCUT2D eigenvalue weighted by molar-refractivity contribution is -0.101. The summed E-state index contributed by atoms with van der Waals surface area (Å²) in [6, 6.07) is 4.20. The van der Waals surface area contributed by atoms with Crippen LogP contribution in [0.2, 0.25) is 0 Å². The van der Waals surface area contributed by atoms with E-state index in [0.29, 0.717) is 6.54 Å². The van der Waals surface area contributed by atoms with Gasteiger partial charge in [-0.15, -0.1) is 11.3 Å². The summed E-state index contributed by atoms with van der Waals surface area (Å²) in [5.74, 6) is 0. The second-order valence-electron chi connectivity index (χ2n) is 4.13. The van der Waals surface area contributed by atoms with Crippen molar-refractivity contribution in [3.8, 4) is 0 Å². The highest BCUT2D eigenvalue weighted by molar-refractivity contribution is 9.11. The predicted octanol–water partition coefficient (Wildman–Crippen LogP) is 1.92. The molecular formula is C10H15BrN2OS. The monoisotopic (exact) mass is 290 g/mol. The zero-order valence-corrected chi connectivity index (χ0v) is 11.1. The molecule has 1 saturated heterocycles. The first-order valence-corrected chi connectivity index (χ1v) is 6.50. The SMILES string of the molecule is CN(CC1(CN)COC1)c1ccc(Br)s1. The van der Waals surface area contributed by atoms with Gasteiger partial charge in [0, 0.05) is 25.6 Å². The van der Waals surface area contributed by atoms with Gasteiger partial charge in [0.05, 0.1) is 22.0 Å². The van der Waals surface area contributed by atoms with Crippen LogP contribution in [-0.4, -0.2) is 33.4 Å². The van der Waals surface area contributed by atoms with Gasteiger partial charge in [-0.05, 0) is 28.1 Å². The Hall–Kier alpha value is -0.100. The number of hydrogen-bond donors (Lipinski definition) is 1. The Morgan fingerprint density at radius 3 is 2.73 bits per heavy atom. The van der Waals surface area contributed by atoms with Crippen LogP contribution in [0.3, 0.4) is 0 Å². The molecule has 0 unspecified atom stereocenters. The van der Waals surface area contributed by atoms with Crippen LogP contribution in [0, 0.1) is 5.41 Å². The van der Waals surface area contributed by atoms with Crippen molar-refractivity contribution < 1.29 is 4.74 Å². The molecule has 1 aliphatic rings. The highest BCUT2D eigenvalue weighted by Gasteiger charge is 2.38. The minimum Gasteiger partial charge on any atom is -0.380 e. The van der Waals surface area contributed by atoms with E-state index in [-0.39, 0.29) is 5.41 Å². The second kappa shape index (κ2) is 4.41. The normalized spacial score (nSPS) is 18.6. The molecule has 0 aromatic carbocycles.